The van der Waals surface area contributed by atoms with Crippen LogP contribution in [-0.4, -0.2) is 5.25 Å². The van der Waals surface area contributed by atoms with E-state index in [2.05, 4.69) is 54.5 Å². The molecule has 0 heterocycles. The highest BCUT2D eigenvalue weighted by Gasteiger charge is 2.18. The van der Waals surface area contributed by atoms with E-state index < -0.39 is 0 Å². The van der Waals surface area contributed by atoms with Crippen molar-refractivity contribution < 1.29 is 0 Å². The van der Waals surface area contributed by atoms with E-state index in [0.29, 0.717) is 5.25 Å². The second-order valence-electron chi connectivity index (χ2n) is 7.48. The van der Waals surface area contributed by atoms with Gasteiger partial charge in [0, 0.05) is 5.25 Å². The molecule has 0 unspecified atom stereocenters. The molecule has 0 aliphatic heterocycles. The second kappa shape index (κ2) is 10.4. The fraction of sp³-hybridized carbons (Fsp3) is 0.727. The Kier molecular flexibility index (Phi) is 9.36. The largest absolute Gasteiger partial charge is 0.128 e. The molecule has 0 radical (unpaired) electrons. The summed E-state index contributed by atoms with van der Waals surface area (Å²) in [6.45, 7) is 16.1. The van der Waals surface area contributed by atoms with Crippen molar-refractivity contribution in [2.45, 2.75) is 98.7 Å². The van der Waals surface area contributed by atoms with Crippen molar-refractivity contribution in [1.29, 1.82) is 0 Å². The van der Waals surface area contributed by atoms with Crippen LogP contribution in [0.25, 0.3) is 0 Å². The molecular weight excluding hydrogens is 296 g/mol. The maximum absolute atomic E-state index is 2.43. The van der Waals surface area contributed by atoms with Crippen LogP contribution in [0.3, 0.4) is 0 Å². The predicted molar refractivity (Wildman–Crippen MR) is 109 cm³/mol. The van der Waals surface area contributed by atoms with Crippen LogP contribution in [0.1, 0.15) is 93.4 Å². The summed E-state index contributed by atoms with van der Waals surface area (Å²) < 4.78 is 0. The molecule has 0 spiro atoms. The Morgan fingerprint density at radius 2 is 1.65 bits per heavy atom. The maximum atomic E-state index is 2.43. The lowest BCUT2D eigenvalue weighted by molar-refractivity contribution is 0.400. The van der Waals surface area contributed by atoms with E-state index >= 15 is 0 Å². The summed E-state index contributed by atoms with van der Waals surface area (Å²) >= 11 is 1.99. The van der Waals surface area contributed by atoms with Crippen molar-refractivity contribution in [2.75, 3.05) is 0 Å². The van der Waals surface area contributed by atoms with Crippen molar-refractivity contribution in [2.24, 2.45) is 5.92 Å². The SMILES string of the molecule is CCCC(C(C)=CC(C)=C(C)SC(C)C)=C(C)C1CCCCC1. The molecule has 0 aromatic rings. The first-order valence-electron chi connectivity index (χ1n) is 9.59. The molecule has 0 saturated heterocycles. The van der Waals surface area contributed by atoms with Crippen molar-refractivity contribution in [3.8, 4) is 0 Å². The van der Waals surface area contributed by atoms with Gasteiger partial charge in [-0.2, -0.15) is 0 Å². The molecule has 23 heavy (non-hydrogen) atoms. The summed E-state index contributed by atoms with van der Waals surface area (Å²) in [6.07, 6.45) is 12.0. The molecule has 0 aromatic carbocycles. The summed E-state index contributed by atoms with van der Waals surface area (Å²) in [4.78, 5) is 1.46. The smallest absolute Gasteiger partial charge is 0.00345 e. The molecule has 0 nitrogen and oxygen atoms in total. The van der Waals surface area contributed by atoms with Crippen LogP contribution in [0.4, 0.5) is 0 Å². The average molecular weight is 335 g/mol. The first-order chi connectivity index (χ1) is 10.9. The van der Waals surface area contributed by atoms with Gasteiger partial charge in [0.1, 0.15) is 0 Å². The van der Waals surface area contributed by atoms with Gasteiger partial charge in [-0.05, 0) is 74.5 Å². The van der Waals surface area contributed by atoms with Crippen LogP contribution in [0.15, 0.2) is 33.3 Å². The van der Waals surface area contributed by atoms with Gasteiger partial charge in [0.25, 0.3) is 0 Å². The summed E-state index contributed by atoms with van der Waals surface area (Å²) in [5.74, 6) is 0.837. The molecule has 1 fully saturated rings. The Labute approximate surface area is 149 Å². The average Bonchev–Trinajstić information content (AvgIpc) is 2.51. The topological polar surface area (TPSA) is 0 Å². The van der Waals surface area contributed by atoms with Gasteiger partial charge in [-0.25, -0.2) is 0 Å². The quantitative estimate of drug-likeness (QED) is 0.424. The standard InChI is InChI=1S/C22H38S/c1-8-12-22(19(6)21-13-10-9-11-14-21)18(5)15-17(4)20(7)23-16(2)3/h15-16,21H,8-14H2,1-7H3. The maximum Gasteiger partial charge on any atom is 0.00345 e. The van der Waals surface area contributed by atoms with Gasteiger partial charge in [0.2, 0.25) is 0 Å². The molecule has 0 amide bonds. The third-order valence-corrected chi connectivity index (χ3v) is 6.22. The lowest BCUT2D eigenvalue weighted by Crippen LogP contribution is -2.10. The van der Waals surface area contributed by atoms with Crippen molar-refractivity contribution in [1.82, 2.24) is 0 Å². The lowest BCUT2D eigenvalue weighted by atomic mass is 9.80. The van der Waals surface area contributed by atoms with Gasteiger partial charge < -0.3 is 0 Å². The van der Waals surface area contributed by atoms with Crippen molar-refractivity contribution in [3.63, 3.8) is 0 Å². The first kappa shape index (κ1) is 20.6. The van der Waals surface area contributed by atoms with E-state index in [-0.39, 0.29) is 0 Å². The molecule has 1 heteroatoms. The van der Waals surface area contributed by atoms with E-state index in [4.69, 9.17) is 0 Å². The minimum absolute atomic E-state index is 0.660. The number of hydrogen-bond acceptors (Lipinski definition) is 1. The number of allylic oxidation sites excluding steroid dienone is 6. The van der Waals surface area contributed by atoms with E-state index in [9.17, 15) is 0 Å². The number of rotatable bonds is 7. The van der Waals surface area contributed by atoms with E-state index in [1.807, 2.05) is 11.8 Å². The van der Waals surface area contributed by atoms with Gasteiger partial charge >= 0.3 is 0 Å². The summed E-state index contributed by atoms with van der Waals surface area (Å²) in [7, 11) is 0. The zero-order chi connectivity index (χ0) is 17.4. The molecule has 1 saturated carbocycles. The molecular formula is C22H38S. The zero-order valence-electron chi connectivity index (χ0n) is 16.6. The van der Waals surface area contributed by atoms with E-state index in [1.54, 1.807) is 11.1 Å². The monoisotopic (exact) mass is 334 g/mol. The van der Waals surface area contributed by atoms with Crippen LogP contribution >= 0.6 is 11.8 Å². The summed E-state index contributed by atoms with van der Waals surface area (Å²) in [6, 6.07) is 0. The highest BCUT2D eigenvalue weighted by atomic mass is 32.2. The van der Waals surface area contributed by atoms with Gasteiger partial charge in [0.15, 0.2) is 0 Å². The van der Waals surface area contributed by atoms with Crippen molar-refractivity contribution in [3.05, 3.63) is 33.3 Å². The highest BCUT2D eigenvalue weighted by molar-refractivity contribution is 8.03. The number of hydrogen-bond donors (Lipinski definition) is 0. The minimum Gasteiger partial charge on any atom is -0.128 e. The molecule has 0 bridgehead atoms. The fourth-order valence-corrected chi connectivity index (χ4v) is 4.65. The Hall–Kier alpha value is -0.430. The van der Waals surface area contributed by atoms with Gasteiger partial charge in [-0.15, -0.1) is 11.8 Å². The van der Waals surface area contributed by atoms with Crippen LogP contribution in [-0.2, 0) is 0 Å². The van der Waals surface area contributed by atoms with Crippen LogP contribution < -0.4 is 0 Å². The van der Waals surface area contributed by atoms with Crippen LogP contribution in [0, 0.1) is 5.92 Å². The van der Waals surface area contributed by atoms with Gasteiger partial charge in [-0.3, -0.25) is 0 Å². The molecule has 0 atom stereocenters. The Morgan fingerprint density at radius 1 is 1.04 bits per heavy atom. The Bertz CT molecular complexity index is 456. The third kappa shape index (κ3) is 6.91. The molecule has 0 aromatic heterocycles. The molecule has 1 rings (SSSR count). The highest BCUT2D eigenvalue weighted by Crippen LogP contribution is 2.35. The summed E-state index contributed by atoms with van der Waals surface area (Å²) in [5, 5.41) is 0.660. The second-order valence-corrected chi connectivity index (χ2v) is 9.27. The van der Waals surface area contributed by atoms with Gasteiger partial charge in [0.05, 0.1) is 0 Å². The molecule has 1 aliphatic rings. The summed E-state index contributed by atoms with van der Waals surface area (Å²) in [5.41, 5.74) is 6.26. The van der Waals surface area contributed by atoms with Crippen LogP contribution in [0.2, 0.25) is 0 Å². The normalized spacial score (nSPS) is 19.7. The predicted octanol–water partition coefficient (Wildman–Crippen LogP) is 8.07. The molecule has 0 N–H and O–H groups in total. The fourth-order valence-electron chi connectivity index (χ4n) is 3.70. The molecule has 1 aliphatic carbocycles. The van der Waals surface area contributed by atoms with E-state index in [0.717, 1.165) is 5.92 Å². The number of thioether (sulfide) groups is 1. The minimum atomic E-state index is 0.660. The van der Waals surface area contributed by atoms with Crippen LogP contribution in [0.5, 0.6) is 0 Å². The lowest BCUT2D eigenvalue weighted by Gasteiger charge is -2.26. The zero-order valence-corrected chi connectivity index (χ0v) is 17.4. The van der Waals surface area contributed by atoms with Gasteiger partial charge in [-0.1, -0.05) is 58.1 Å². The third-order valence-electron chi connectivity index (χ3n) is 5.07. The van der Waals surface area contributed by atoms with E-state index in [1.165, 1.54) is 61.0 Å². The Morgan fingerprint density at radius 3 is 2.17 bits per heavy atom. The first-order valence-corrected chi connectivity index (χ1v) is 10.5. The molecule has 132 valence electrons. The van der Waals surface area contributed by atoms with Crippen molar-refractivity contribution >= 4 is 11.8 Å². The Balaban J connectivity index is 3.05.